The lowest BCUT2D eigenvalue weighted by Crippen LogP contribution is -1.91. The summed E-state index contributed by atoms with van der Waals surface area (Å²) in [6.45, 7) is 0. The number of aromatic amines is 1. The molecule has 0 radical (unpaired) electrons. The van der Waals surface area contributed by atoms with Gasteiger partial charge in [-0.1, -0.05) is 23.7 Å². The van der Waals surface area contributed by atoms with Crippen LogP contribution in [0.15, 0.2) is 48.8 Å². The number of benzene rings is 1. The summed E-state index contributed by atoms with van der Waals surface area (Å²) >= 11 is 6.00. The van der Waals surface area contributed by atoms with Gasteiger partial charge in [-0.2, -0.15) is 0 Å². The van der Waals surface area contributed by atoms with Gasteiger partial charge in [-0.25, -0.2) is 0 Å². The van der Waals surface area contributed by atoms with E-state index in [4.69, 9.17) is 11.6 Å². The summed E-state index contributed by atoms with van der Waals surface area (Å²) < 4.78 is 0. The number of aromatic hydroxyl groups is 1. The van der Waals surface area contributed by atoms with E-state index in [0.29, 0.717) is 33.9 Å². The van der Waals surface area contributed by atoms with E-state index in [0.717, 1.165) is 11.4 Å². The van der Waals surface area contributed by atoms with Crippen molar-refractivity contribution in [2.24, 2.45) is 0 Å². The second kappa shape index (κ2) is 5.90. The first-order valence-electron chi connectivity index (χ1n) is 7.29. The summed E-state index contributed by atoms with van der Waals surface area (Å²) in [7, 11) is 0. The molecule has 0 bridgehead atoms. The van der Waals surface area contributed by atoms with Gasteiger partial charge in [0.15, 0.2) is 5.82 Å². The number of hydrogen-bond acceptors (Lipinski definition) is 5. The van der Waals surface area contributed by atoms with Gasteiger partial charge in [-0.3, -0.25) is 9.97 Å². The minimum atomic E-state index is 0.151. The molecule has 24 heavy (non-hydrogen) atoms. The van der Waals surface area contributed by atoms with Gasteiger partial charge in [-0.05, 0) is 29.8 Å². The highest BCUT2D eigenvalue weighted by Gasteiger charge is 2.10. The lowest BCUT2D eigenvalue weighted by Gasteiger charge is -2.01. The first kappa shape index (κ1) is 14.6. The molecular weight excluding hydrogens is 326 g/mol. The summed E-state index contributed by atoms with van der Waals surface area (Å²) in [6, 6.07) is 10.9. The van der Waals surface area contributed by atoms with Crippen molar-refractivity contribution < 1.29 is 5.11 Å². The van der Waals surface area contributed by atoms with Crippen molar-refractivity contribution in [1.29, 1.82) is 0 Å². The Morgan fingerprint density at radius 2 is 2.00 bits per heavy atom. The summed E-state index contributed by atoms with van der Waals surface area (Å²) in [6.07, 6.45) is 3.72. The zero-order valence-corrected chi connectivity index (χ0v) is 13.2. The molecule has 0 atom stereocenters. The number of halogens is 1. The largest absolute Gasteiger partial charge is 0.507 e. The number of hydrogen-bond donors (Lipinski definition) is 2. The van der Waals surface area contributed by atoms with E-state index in [1.807, 2.05) is 24.3 Å². The van der Waals surface area contributed by atoms with Gasteiger partial charge in [0.2, 0.25) is 0 Å². The fourth-order valence-electron chi connectivity index (χ4n) is 2.49. The molecule has 118 valence electrons. The molecule has 0 aliphatic carbocycles. The van der Waals surface area contributed by atoms with Crippen LogP contribution >= 0.6 is 11.6 Å². The maximum Gasteiger partial charge on any atom is 0.180 e. The molecule has 0 spiro atoms. The lowest BCUT2D eigenvalue weighted by molar-refractivity contribution is 0.481. The summed E-state index contributed by atoms with van der Waals surface area (Å²) in [5.74, 6) is 1.43. The Morgan fingerprint density at radius 3 is 2.88 bits per heavy atom. The van der Waals surface area contributed by atoms with Crippen LogP contribution in [0.3, 0.4) is 0 Å². The van der Waals surface area contributed by atoms with Gasteiger partial charge in [-0.15, -0.1) is 10.2 Å². The highest BCUT2D eigenvalue weighted by Crippen LogP contribution is 2.24. The molecule has 7 heteroatoms. The quantitative estimate of drug-likeness (QED) is 0.598. The maximum absolute atomic E-state index is 9.80. The number of nitrogens with zero attached hydrogens (tertiary/aromatic N) is 4. The average Bonchev–Trinajstić information content (AvgIpc) is 3.03. The van der Waals surface area contributed by atoms with E-state index >= 15 is 0 Å². The molecule has 1 aromatic carbocycles. The molecule has 0 saturated carbocycles. The predicted octanol–water partition coefficient (Wildman–Crippen LogP) is 3.36. The van der Waals surface area contributed by atoms with E-state index < -0.39 is 0 Å². The molecule has 0 unspecified atom stereocenters. The second-order valence-corrected chi connectivity index (χ2v) is 5.78. The minimum Gasteiger partial charge on any atom is -0.507 e. The van der Waals surface area contributed by atoms with E-state index in [1.165, 1.54) is 6.07 Å². The Kier molecular flexibility index (Phi) is 3.59. The van der Waals surface area contributed by atoms with Gasteiger partial charge in [0.1, 0.15) is 17.3 Å². The molecule has 0 amide bonds. The van der Waals surface area contributed by atoms with E-state index in [2.05, 4.69) is 25.1 Å². The van der Waals surface area contributed by atoms with Crippen molar-refractivity contribution in [3.8, 4) is 17.3 Å². The monoisotopic (exact) mass is 337 g/mol. The van der Waals surface area contributed by atoms with Gasteiger partial charge >= 0.3 is 0 Å². The average molecular weight is 338 g/mol. The Bertz CT molecular complexity index is 1030. The van der Waals surface area contributed by atoms with Crippen molar-refractivity contribution in [2.75, 3.05) is 0 Å². The number of rotatable bonds is 3. The minimum absolute atomic E-state index is 0.151. The molecule has 3 heterocycles. The zero-order valence-electron chi connectivity index (χ0n) is 12.4. The third-order valence-corrected chi connectivity index (χ3v) is 3.88. The lowest BCUT2D eigenvalue weighted by atomic mass is 10.1. The van der Waals surface area contributed by atoms with E-state index in [1.54, 1.807) is 18.5 Å². The van der Waals surface area contributed by atoms with Crippen LogP contribution in [0.2, 0.25) is 5.02 Å². The van der Waals surface area contributed by atoms with Gasteiger partial charge < -0.3 is 10.1 Å². The molecule has 0 aliphatic heterocycles. The molecule has 6 nitrogen and oxygen atoms in total. The number of H-pyrrole nitrogens is 1. The second-order valence-electron chi connectivity index (χ2n) is 5.34. The summed E-state index contributed by atoms with van der Waals surface area (Å²) in [5.41, 5.74) is 2.31. The SMILES string of the molecule is Oc1ccnc2cc(-c3nnc(Cc4cccc(Cl)c4)[nH]3)ncc12. The Morgan fingerprint density at radius 1 is 1.08 bits per heavy atom. The van der Waals surface area contributed by atoms with Crippen molar-refractivity contribution >= 4 is 22.5 Å². The molecule has 3 aromatic heterocycles. The number of fused-ring (bicyclic) bond motifs is 1. The van der Waals surface area contributed by atoms with Gasteiger partial charge in [0.05, 0.1) is 10.9 Å². The topological polar surface area (TPSA) is 87.6 Å². The number of pyridine rings is 2. The fourth-order valence-corrected chi connectivity index (χ4v) is 2.70. The first-order chi connectivity index (χ1) is 11.7. The van der Waals surface area contributed by atoms with Crippen LogP contribution in [0.1, 0.15) is 11.4 Å². The van der Waals surface area contributed by atoms with Crippen LogP contribution in [0, 0.1) is 0 Å². The van der Waals surface area contributed by atoms with Gasteiger partial charge in [0.25, 0.3) is 0 Å². The molecule has 4 aromatic rings. The number of nitrogens with one attached hydrogen (secondary N) is 1. The molecule has 4 rings (SSSR count). The van der Waals surface area contributed by atoms with Crippen LogP contribution < -0.4 is 0 Å². The van der Waals surface area contributed by atoms with Crippen molar-refractivity contribution in [3.63, 3.8) is 0 Å². The maximum atomic E-state index is 9.80. The Labute approximate surface area is 142 Å². The van der Waals surface area contributed by atoms with Crippen molar-refractivity contribution in [3.05, 3.63) is 65.2 Å². The summed E-state index contributed by atoms with van der Waals surface area (Å²) in [4.78, 5) is 11.7. The van der Waals surface area contributed by atoms with Crippen molar-refractivity contribution in [2.45, 2.75) is 6.42 Å². The van der Waals surface area contributed by atoms with Crippen molar-refractivity contribution in [1.82, 2.24) is 25.1 Å². The third-order valence-electron chi connectivity index (χ3n) is 3.64. The molecule has 0 aliphatic rings. The van der Waals surface area contributed by atoms with E-state index in [9.17, 15) is 5.11 Å². The zero-order chi connectivity index (χ0) is 16.5. The highest BCUT2D eigenvalue weighted by molar-refractivity contribution is 6.30. The Balaban J connectivity index is 1.65. The molecule has 0 saturated heterocycles. The van der Waals surface area contributed by atoms with Crippen LogP contribution in [0.25, 0.3) is 22.4 Å². The standard InChI is InChI=1S/C17H12ClN5O/c18-11-3-1-2-10(6-11)7-16-21-17(23-22-16)14-8-13-12(9-20-14)15(24)4-5-19-13/h1-6,8-9H,7H2,(H,19,24)(H,21,22,23). The van der Waals surface area contributed by atoms with E-state index in [-0.39, 0.29) is 5.75 Å². The van der Waals surface area contributed by atoms with Crippen LogP contribution in [0.5, 0.6) is 5.75 Å². The van der Waals surface area contributed by atoms with Crippen LogP contribution in [-0.2, 0) is 6.42 Å². The highest BCUT2D eigenvalue weighted by atomic mass is 35.5. The van der Waals surface area contributed by atoms with Gasteiger partial charge in [0, 0.05) is 23.8 Å². The normalized spacial score (nSPS) is 11.0. The predicted molar refractivity (Wildman–Crippen MR) is 90.8 cm³/mol. The van der Waals surface area contributed by atoms with Crippen LogP contribution in [0.4, 0.5) is 0 Å². The first-order valence-corrected chi connectivity index (χ1v) is 7.67. The Hall–Kier alpha value is -2.99. The fraction of sp³-hybridized carbons (Fsp3) is 0.0588. The molecule has 0 fully saturated rings. The number of aromatic nitrogens is 5. The van der Waals surface area contributed by atoms with Crippen LogP contribution in [-0.4, -0.2) is 30.3 Å². The molecule has 2 N–H and O–H groups in total. The molecular formula is C17H12ClN5O. The summed E-state index contributed by atoms with van der Waals surface area (Å²) in [5, 5.41) is 19.4. The third kappa shape index (κ3) is 2.79. The smallest absolute Gasteiger partial charge is 0.180 e.